The average molecular weight is 215 g/mol. The fraction of sp³-hybridized carbons (Fsp3) is 0.700. The molecule has 5 nitrogen and oxygen atoms in total. The second-order valence-electron chi connectivity index (χ2n) is 3.01. The molecular weight excluding hydrogens is 198 g/mol. The van der Waals surface area contributed by atoms with Gasteiger partial charge in [0, 0.05) is 26.3 Å². The molecule has 0 unspecified atom stereocenters. The van der Waals surface area contributed by atoms with Crippen molar-refractivity contribution in [2.75, 3.05) is 13.2 Å². The number of nitrogens with zero attached hydrogens (tertiary/aromatic N) is 1. The van der Waals surface area contributed by atoms with Gasteiger partial charge < -0.3 is 4.74 Å². The van der Waals surface area contributed by atoms with Crippen LogP contribution in [0.3, 0.4) is 0 Å². The van der Waals surface area contributed by atoms with E-state index in [1.165, 1.54) is 6.92 Å². The third-order valence-electron chi connectivity index (χ3n) is 1.88. The molecule has 86 valence electrons. The molecule has 15 heavy (non-hydrogen) atoms. The molecule has 0 saturated heterocycles. The molecule has 0 atom stereocenters. The summed E-state index contributed by atoms with van der Waals surface area (Å²) < 4.78 is 4.69. The lowest BCUT2D eigenvalue weighted by atomic mass is 10.2. The molecule has 0 rings (SSSR count). The van der Waals surface area contributed by atoms with Crippen LogP contribution in [-0.4, -0.2) is 35.8 Å². The number of imide groups is 1. The number of hydrogen-bond acceptors (Lipinski definition) is 4. The highest BCUT2D eigenvalue weighted by Gasteiger charge is 2.19. The van der Waals surface area contributed by atoms with Gasteiger partial charge in [0.25, 0.3) is 0 Å². The Morgan fingerprint density at radius 3 is 2.20 bits per heavy atom. The van der Waals surface area contributed by atoms with Gasteiger partial charge in [-0.2, -0.15) is 0 Å². The van der Waals surface area contributed by atoms with Crippen molar-refractivity contribution >= 4 is 17.8 Å². The smallest absolute Gasteiger partial charge is 0.416 e. The van der Waals surface area contributed by atoms with Crippen LogP contribution in [0.5, 0.6) is 0 Å². The number of ether oxygens (including phenoxy) is 1. The second kappa shape index (κ2) is 6.98. The first-order chi connectivity index (χ1) is 7.02. The van der Waals surface area contributed by atoms with Gasteiger partial charge >= 0.3 is 6.09 Å². The normalized spacial score (nSPS) is 9.53. The number of Topliss-reactive ketones (excluding diaryl/α,β-unsaturated/α-hetero) is 1. The van der Waals surface area contributed by atoms with Crippen LogP contribution in [0.2, 0.25) is 0 Å². The molecule has 0 heterocycles. The number of carbonyl (C=O) groups excluding carboxylic acids is 3. The van der Waals surface area contributed by atoms with Crippen molar-refractivity contribution in [2.24, 2.45) is 0 Å². The molecule has 0 radical (unpaired) electrons. The fourth-order valence-corrected chi connectivity index (χ4v) is 0.992. The van der Waals surface area contributed by atoms with Crippen LogP contribution >= 0.6 is 0 Å². The molecule has 0 spiro atoms. The predicted molar refractivity (Wildman–Crippen MR) is 54.3 cm³/mol. The van der Waals surface area contributed by atoms with Crippen molar-refractivity contribution in [3.8, 4) is 0 Å². The largest absolute Gasteiger partial charge is 0.449 e. The van der Waals surface area contributed by atoms with E-state index in [4.69, 9.17) is 0 Å². The van der Waals surface area contributed by atoms with E-state index >= 15 is 0 Å². The number of rotatable bonds is 5. The quantitative estimate of drug-likeness (QED) is 0.694. The van der Waals surface area contributed by atoms with E-state index in [0.29, 0.717) is 6.42 Å². The Bertz CT molecular complexity index is 250. The Balaban J connectivity index is 4.22. The lowest BCUT2D eigenvalue weighted by Crippen LogP contribution is -2.37. The molecule has 0 bridgehead atoms. The SMILES string of the molecule is CCOC(=O)N(CCC(=O)CC)C(C)=O. The summed E-state index contributed by atoms with van der Waals surface area (Å²) in [4.78, 5) is 34.3. The van der Waals surface area contributed by atoms with Gasteiger partial charge in [-0.15, -0.1) is 0 Å². The van der Waals surface area contributed by atoms with Crippen LogP contribution in [0.15, 0.2) is 0 Å². The molecular formula is C10H17NO4. The topological polar surface area (TPSA) is 63.7 Å². The molecule has 0 saturated carbocycles. The minimum absolute atomic E-state index is 0.0190. The minimum atomic E-state index is -0.686. The molecule has 0 aliphatic rings. The van der Waals surface area contributed by atoms with E-state index < -0.39 is 12.0 Å². The molecule has 0 fully saturated rings. The van der Waals surface area contributed by atoms with Gasteiger partial charge in [0.15, 0.2) is 0 Å². The van der Waals surface area contributed by atoms with Gasteiger partial charge in [0.1, 0.15) is 5.78 Å². The van der Waals surface area contributed by atoms with E-state index in [2.05, 4.69) is 4.74 Å². The van der Waals surface area contributed by atoms with Gasteiger partial charge in [0.05, 0.1) is 6.61 Å². The van der Waals surface area contributed by atoms with Gasteiger partial charge in [0.2, 0.25) is 5.91 Å². The van der Waals surface area contributed by atoms with Crippen molar-refractivity contribution in [2.45, 2.75) is 33.6 Å². The van der Waals surface area contributed by atoms with Crippen LogP contribution in [0.4, 0.5) is 4.79 Å². The van der Waals surface area contributed by atoms with Crippen molar-refractivity contribution in [3.63, 3.8) is 0 Å². The third kappa shape index (κ3) is 5.15. The minimum Gasteiger partial charge on any atom is -0.449 e. The Labute approximate surface area is 89.4 Å². The first-order valence-corrected chi connectivity index (χ1v) is 4.99. The van der Waals surface area contributed by atoms with Gasteiger partial charge in [-0.25, -0.2) is 9.69 Å². The van der Waals surface area contributed by atoms with Crippen molar-refractivity contribution in [1.29, 1.82) is 0 Å². The molecule has 0 aromatic heterocycles. The summed E-state index contributed by atoms with van der Waals surface area (Å²) in [6.45, 7) is 4.98. The zero-order valence-electron chi connectivity index (χ0n) is 9.41. The summed E-state index contributed by atoms with van der Waals surface area (Å²) in [5.74, 6) is -0.386. The van der Waals surface area contributed by atoms with Crippen molar-refractivity contribution in [1.82, 2.24) is 4.90 Å². The number of ketones is 1. The van der Waals surface area contributed by atoms with E-state index in [0.717, 1.165) is 4.90 Å². The molecule has 0 aromatic carbocycles. The molecule has 0 aromatic rings. The number of amides is 2. The second-order valence-corrected chi connectivity index (χ2v) is 3.01. The first kappa shape index (κ1) is 13.6. The monoisotopic (exact) mass is 215 g/mol. The maximum atomic E-state index is 11.3. The van der Waals surface area contributed by atoms with Gasteiger partial charge in [-0.05, 0) is 6.92 Å². The van der Waals surface area contributed by atoms with Crippen LogP contribution in [0.25, 0.3) is 0 Å². The number of carbonyl (C=O) groups is 3. The maximum absolute atomic E-state index is 11.3. The molecule has 2 amide bonds. The van der Waals surface area contributed by atoms with Gasteiger partial charge in [-0.1, -0.05) is 6.92 Å². The lowest BCUT2D eigenvalue weighted by Gasteiger charge is -2.17. The summed E-state index contributed by atoms with van der Waals surface area (Å²) in [6.07, 6.45) is -0.0855. The van der Waals surface area contributed by atoms with E-state index in [1.807, 2.05) is 0 Å². The van der Waals surface area contributed by atoms with Crippen LogP contribution in [0.1, 0.15) is 33.6 Å². The molecule has 0 N–H and O–H groups in total. The zero-order chi connectivity index (χ0) is 11.8. The predicted octanol–water partition coefficient (Wildman–Crippen LogP) is 1.36. The third-order valence-corrected chi connectivity index (χ3v) is 1.88. The number of hydrogen-bond donors (Lipinski definition) is 0. The maximum Gasteiger partial charge on any atom is 0.416 e. The van der Waals surface area contributed by atoms with Crippen molar-refractivity contribution in [3.05, 3.63) is 0 Å². The summed E-state index contributed by atoms with van der Waals surface area (Å²) in [5, 5.41) is 0. The average Bonchev–Trinajstić information content (AvgIpc) is 2.17. The summed E-state index contributed by atoms with van der Waals surface area (Å²) >= 11 is 0. The van der Waals surface area contributed by atoms with E-state index in [-0.39, 0.29) is 25.4 Å². The lowest BCUT2D eigenvalue weighted by molar-refractivity contribution is -0.127. The Morgan fingerprint density at radius 2 is 1.80 bits per heavy atom. The Kier molecular flexibility index (Phi) is 6.33. The zero-order valence-corrected chi connectivity index (χ0v) is 9.41. The van der Waals surface area contributed by atoms with E-state index in [1.54, 1.807) is 13.8 Å². The molecule has 5 heteroatoms. The first-order valence-electron chi connectivity index (χ1n) is 4.99. The fourth-order valence-electron chi connectivity index (χ4n) is 0.992. The Morgan fingerprint density at radius 1 is 1.20 bits per heavy atom. The molecule has 0 aliphatic heterocycles. The Hall–Kier alpha value is -1.39. The standard InChI is InChI=1S/C10H17NO4/c1-4-9(13)6-7-11(8(3)12)10(14)15-5-2/h4-7H2,1-3H3. The summed E-state index contributed by atoms with van der Waals surface area (Å²) in [5.41, 5.74) is 0. The highest BCUT2D eigenvalue weighted by atomic mass is 16.6. The van der Waals surface area contributed by atoms with Crippen molar-refractivity contribution < 1.29 is 19.1 Å². The highest BCUT2D eigenvalue weighted by Crippen LogP contribution is 1.99. The highest BCUT2D eigenvalue weighted by molar-refractivity contribution is 5.91. The van der Waals surface area contributed by atoms with E-state index in [9.17, 15) is 14.4 Å². The molecule has 0 aliphatic carbocycles. The van der Waals surface area contributed by atoms with Crippen LogP contribution in [-0.2, 0) is 14.3 Å². The summed E-state index contributed by atoms with van der Waals surface area (Å²) in [6, 6.07) is 0. The van der Waals surface area contributed by atoms with Crippen LogP contribution < -0.4 is 0 Å². The summed E-state index contributed by atoms with van der Waals surface area (Å²) in [7, 11) is 0. The van der Waals surface area contributed by atoms with Gasteiger partial charge in [-0.3, -0.25) is 9.59 Å². The van der Waals surface area contributed by atoms with Crippen LogP contribution in [0, 0.1) is 0 Å².